The largest absolute Gasteiger partial charge is 0.399 e. The van der Waals surface area contributed by atoms with E-state index in [0.29, 0.717) is 19.6 Å². The highest BCUT2D eigenvalue weighted by molar-refractivity contribution is 5.53. The first-order valence-corrected chi connectivity index (χ1v) is 4.62. The first-order valence-electron chi connectivity index (χ1n) is 4.62. The molecule has 0 unspecified atom stereocenters. The average molecular weight is 216 g/mol. The van der Waals surface area contributed by atoms with Crippen molar-refractivity contribution in [1.82, 2.24) is 0 Å². The van der Waals surface area contributed by atoms with Crippen molar-refractivity contribution in [2.24, 2.45) is 0 Å². The van der Waals surface area contributed by atoms with Gasteiger partial charge in [0.1, 0.15) is 5.69 Å². The van der Waals surface area contributed by atoms with Gasteiger partial charge in [-0.25, -0.2) is 8.78 Å². The maximum atomic E-state index is 13.2. The normalized spacial score (nSPS) is 10.3. The maximum absolute atomic E-state index is 13.2. The molecule has 1 aromatic carbocycles. The van der Waals surface area contributed by atoms with E-state index in [1.54, 1.807) is 7.11 Å². The van der Waals surface area contributed by atoms with Crippen molar-refractivity contribution >= 4 is 11.4 Å². The zero-order valence-electron chi connectivity index (χ0n) is 8.52. The minimum Gasteiger partial charge on any atom is -0.399 e. The van der Waals surface area contributed by atoms with Crippen LogP contribution in [0.1, 0.15) is 6.42 Å². The quantitative estimate of drug-likeness (QED) is 0.584. The summed E-state index contributed by atoms with van der Waals surface area (Å²) in [6.07, 6.45) is 0.680. The van der Waals surface area contributed by atoms with Gasteiger partial charge in [-0.1, -0.05) is 0 Å². The number of anilines is 2. The molecule has 1 rings (SSSR count). The van der Waals surface area contributed by atoms with Gasteiger partial charge in [-0.2, -0.15) is 0 Å². The van der Waals surface area contributed by atoms with E-state index < -0.39 is 11.6 Å². The lowest BCUT2D eigenvalue weighted by Crippen LogP contribution is -2.08. The first-order chi connectivity index (χ1) is 7.15. The minimum absolute atomic E-state index is 0.0763. The molecule has 1 aromatic rings. The van der Waals surface area contributed by atoms with E-state index in [1.807, 2.05) is 0 Å². The number of nitrogens with one attached hydrogen (secondary N) is 1. The number of nitrogen functional groups attached to an aromatic ring is 1. The van der Waals surface area contributed by atoms with Crippen molar-refractivity contribution in [3.05, 3.63) is 23.8 Å². The molecule has 0 heterocycles. The predicted octanol–water partition coefficient (Wildman–Crippen LogP) is 2.00. The molecule has 3 nitrogen and oxygen atoms in total. The minimum atomic E-state index is -0.676. The summed E-state index contributed by atoms with van der Waals surface area (Å²) in [4.78, 5) is 0. The van der Waals surface area contributed by atoms with Gasteiger partial charge < -0.3 is 15.8 Å². The highest BCUT2D eigenvalue weighted by Gasteiger charge is 2.08. The molecule has 84 valence electrons. The molecule has 0 fully saturated rings. The number of nitrogens with two attached hydrogens (primary N) is 1. The molecule has 0 saturated carbocycles. The van der Waals surface area contributed by atoms with Gasteiger partial charge in [-0.3, -0.25) is 0 Å². The molecule has 0 spiro atoms. The second kappa shape index (κ2) is 5.50. The van der Waals surface area contributed by atoms with Gasteiger partial charge in [0, 0.05) is 25.9 Å². The number of methoxy groups -OCH3 is 1. The van der Waals surface area contributed by atoms with Gasteiger partial charge in [-0.05, 0) is 18.6 Å². The Balaban J connectivity index is 2.60. The Labute approximate surface area is 87.2 Å². The molecular weight excluding hydrogens is 202 g/mol. The highest BCUT2D eigenvalue weighted by Crippen LogP contribution is 2.21. The zero-order chi connectivity index (χ0) is 11.3. The van der Waals surface area contributed by atoms with Crippen molar-refractivity contribution in [3.8, 4) is 0 Å². The summed E-state index contributed by atoms with van der Waals surface area (Å²) >= 11 is 0. The van der Waals surface area contributed by atoms with E-state index in [9.17, 15) is 8.78 Å². The number of rotatable bonds is 5. The third-order valence-electron chi connectivity index (χ3n) is 1.89. The molecular formula is C10H14F2N2O. The van der Waals surface area contributed by atoms with Crippen LogP contribution in [0.3, 0.4) is 0 Å². The average Bonchev–Trinajstić information content (AvgIpc) is 2.15. The van der Waals surface area contributed by atoms with Crippen LogP contribution >= 0.6 is 0 Å². The van der Waals surface area contributed by atoms with Crippen LogP contribution in [-0.4, -0.2) is 20.3 Å². The van der Waals surface area contributed by atoms with Gasteiger partial charge in [0.2, 0.25) is 0 Å². The van der Waals surface area contributed by atoms with Crippen LogP contribution in [0.2, 0.25) is 0 Å². The highest BCUT2D eigenvalue weighted by atomic mass is 19.1. The standard InChI is InChI=1S/C10H14F2N2O/c1-15-4-2-3-14-10-8(11)5-7(13)6-9(10)12/h5-6,14H,2-4,13H2,1H3. The molecule has 0 radical (unpaired) electrons. The third-order valence-corrected chi connectivity index (χ3v) is 1.89. The zero-order valence-corrected chi connectivity index (χ0v) is 8.52. The van der Waals surface area contributed by atoms with Gasteiger partial charge >= 0.3 is 0 Å². The fraction of sp³-hybridized carbons (Fsp3) is 0.400. The van der Waals surface area contributed by atoms with Gasteiger partial charge in [0.05, 0.1) is 0 Å². The number of hydrogen-bond donors (Lipinski definition) is 2. The smallest absolute Gasteiger partial charge is 0.151 e. The second-order valence-corrected chi connectivity index (χ2v) is 3.13. The SMILES string of the molecule is COCCCNc1c(F)cc(N)cc1F. The summed E-state index contributed by atoms with van der Waals surface area (Å²) in [5.41, 5.74) is 5.21. The van der Waals surface area contributed by atoms with E-state index >= 15 is 0 Å². The lowest BCUT2D eigenvalue weighted by Gasteiger charge is -2.08. The van der Waals surface area contributed by atoms with Crippen LogP contribution < -0.4 is 11.1 Å². The van der Waals surface area contributed by atoms with E-state index in [4.69, 9.17) is 10.5 Å². The Morgan fingerprint density at radius 3 is 2.47 bits per heavy atom. The third kappa shape index (κ3) is 3.36. The van der Waals surface area contributed by atoms with Crippen LogP contribution in [0.25, 0.3) is 0 Å². The summed E-state index contributed by atoms with van der Waals surface area (Å²) in [7, 11) is 1.57. The van der Waals surface area contributed by atoms with Crippen LogP contribution in [0, 0.1) is 11.6 Å². The molecule has 0 bridgehead atoms. The monoisotopic (exact) mass is 216 g/mol. The summed E-state index contributed by atoms with van der Waals surface area (Å²) < 4.78 is 31.2. The number of ether oxygens (including phenoxy) is 1. The lowest BCUT2D eigenvalue weighted by molar-refractivity contribution is 0.197. The predicted molar refractivity (Wildman–Crippen MR) is 55.8 cm³/mol. The van der Waals surface area contributed by atoms with Crippen molar-refractivity contribution in [3.63, 3.8) is 0 Å². The molecule has 0 saturated heterocycles. The Hall–Kier alpha value is -1.36. The number of hydrogen-bond acceptors (Lipinski definition) is 3. The lowest BCUT2D eigenvalue weighted by atomic mass is 10.2. The van der Waals surface area contributed by atoms with E-state index in [-0.39, 0.29) is 11.4 Å². The van der Waals surface area contributed by atoms with Gasteiger partial charge in [-0.15, -0.1) is 0 Å². The summed E-state index contributed by atoms with van der Waals surface area (Å²) in [6, 6.07) is 2.17. The molecule has 15 heavy (non-hydrogen) atoms. The summed E-state index contributed by atoms with van der Waals surface area (Å²) in [5, 5.41) is 2.66. The fourth-order valence-corrected chi connectivity index (χ4v) is 1.19. The Bertz CT molecular complexity index is 308. The van der Waals surface area contributed by atoms with Crippen molar-refractivity contribution < 1.29 is 13.5 Å². The molecule has 0 atom stereocenters. The Kier molecular flexibility index (Phi) is 4.30. The molecule has 0 aliphatic rings. The van der Waals surface area contributed by atoms with Crippen molar-refractivity contribution in [2.75, 3.05) is 31.3 Å². The molecule has 0 amide bonds. The molecule has 0 aliphatic heterocycles. The van der Waals surface area contributed by atoms with Crippen LogP contribution in [0.5, 0.6) is 0 Å². The Morgan fingerprint density at radius 1 is 1.33 bits per heavy atom. The van der Waals surface area contributed by atoms with Crippen molar-refractivity contribution in [1.29, 1.82) is 0 Å². The Morgan fingerprint density at radius 2 is 1.93 bits per heavy atom. The fourth-order valence-electron chi connectivity index (χ4n) is 1.19. The maximum Gasteiger partial charge on any atom is 0.151 e. The number of halogens is 2. The molecule has 5 heteroatoms. The topological polar surface area (TPSA) is 47.3 Å². The van der Waals surface area contributed by atoms with Gasteiger partial charge in [0.25, 0.3) is 0 Å². The van der Waals surface area contributed by atoms with Crippen molar-refractivity contribution in [2.45, 2.75) is 6.42 Å². The van der Waals surface area contributed by atoms with Crippen LogP contribution in [0.15, 0.2) is 12.1 Å². The first kappa shape index (κ1) is 11.7. The van der Waals surface area contributed by atoms with Crippen LogP contribution in [-0.2, 0) is 4.74 Å². The molecule has 0 aliphatic carbocycles. The molecule has 3 N–H and O–H groups in total. The molecule has 0 aromatic heterocycles. The van der Waals surface area contributed by atoms with E-state index in [2.05, 4.69) is 5.32 Å². The van der Waals surface area contributed by atoms with E-state index in [1.165, 1.54) is 0 Å². The summed E-state index contributed by atoms with van der Waals surface area (Å²) in [6.45, 7) is 0.997. The van der Waals surface area contributed by atoms with E-state index in [0.717, 1.165) is 12.1 Å². The second-order valence-electron chi connectivity index (χ2n) is 3.13. The summed E-state index contributed by atoms with van der Waals surface area (Å²) in [5.74, 6) is -1.35. The van der Waals surface area contributed by atoms with Gasteiger partial charge in [0.15, 0.2) is 11.6 Å². The number of benzene rings is 1. The van der Waals surface area contributed by atoms with Crippen LogP contribution in [0.4, 0.5) is 20.2 Å².